The van der Waals surface area contributed by atoms with Crippen LogP contribution in [-0.2, 0) is 0 Å². The molecule has 102 valence electrons. The molecule has 1 aliphatic heterocycles. The van der Waals surface area contributed by atoms with Gasteiger partial charge in [-0.2, -0.15) is 0 Å². The molecular formula is C16H16N2O2. The van der Waals surface area contributed by atoms with E-state index in [-0.39, 0.29) is 12.1 Å². The Hall–Kier alpha value is -2.23. The minimum absolute atomic E-state index is 0.0675. The molecule has 0 radical (unpaired) electrons. The van der Waals surface area contributed by atoms with Crippen molar-refractivity contribution in [1.82, 2.24) is 5.32 Å². The first-order chi connectivity index (χ1) is 9.72. The second kappa shape index (κ2) is 4.13. The highest BCUT2D eigenvalue weighted by Gasteiger charge is 2.37. The predicted octanol–water partition coefficient (Wildman–Crippen LogP) is 3.26. The van der Waals surface area contributed by atoms with Crippen LogP contribution in [0.5, 0.6) is 0 Å². The van der Waals surface area contributed by atoms with E-state index in [9.17, 15) is 4.79 Å². The number of benzene rings is 1. The van der Waals surface area contributed by atoms with Crippen molar-refractivity contribution in [3.8, 4) is 0 Å². The summed E-state index contributed by atoms with van der Waals surface area (Å²) in [4.78, 5) is 12.1. The van der Waals surface area contributed by atoms with Crippen LogP contribution in [-0.4, -0.2) is 5.91 Å². The lowest BCUT2D eigenvalue weighted by molar-refractivity contribution is 0.0930. The molecule has 1 amide bonds. The number of rotatable bonds is 2. The standard InChI is InChI=1S/C16H16N2O2/c1-9-8-11(9)13-6-7-14(20-13)15-17-12-5-3-2-4-10(12)16(19)18-15/h2-7,9,11,15,17H,8H2,1H3,(H,18,19)/t9-,11+,15+/m0/s1. The zero-order chi connectivity index (χ0) is 13.7. The normalized spacial score (nSPS) is 27.4. The van der Waals surface area contributed by atoms with Crippen LogP contribution in [0.25, 0.3) is 0 Å². The number of carbonyl (C=O) groups is 1. The van der Waals surface area contributed by atoms with Gasteiger partial charge in [0.1, 0.15) is 11.5 Å². The molecule has 4 nitrogen and oxygen atoms in total. The number of para-hydroxylation sites is 1. The maximum absolute atomic E-state index is 12.1. The van der Waals surface area contributed by atoms with E-state index in [4.69, 9.17) is 4.42 Å². The lowest BCUT2D eigenvalue weighted by Crippen LogP contribution is -2.38. The number of furan rings is 1. The van der Waals surface area contributed by atoms with Crippen molar-refractivity contribution >= 4 is 11.6 Å². The summed E-state index contributed by atoms with van der Waals surface area (Å²) in [7, 11) is 0. The Morgan fingerprint density at radius 3 is 2.65 bits per heavy atom. The molecule has 1 saturated carbocycles. The van der Waals surface area contributed by atoms with Crippen LogP contribution < -0.4 is 10.6 Å². The van der Waals surface area contributed by atoms with Crippen LogP contribution in [0.15, 0.2) is 40.8 Å². The van der Waals surface area contributed by atoms with Gasteiger partial charge in [-0.25, -0.2) is 0 Å². The average molecular weight is 268 g/mol. The van der Waals surface area contributed by atoms with Crippen LogP contribution in [0, 0.1) is 5.92 Å². The molecule has 4 heteroatoms. The van der Waals surface area contributed by atoms with E-state index in [1.807, 2.05) is 36.4 Å². The molecule has 2 aliphatic rings. The quantitative estimate of drug-likeness (QED) is 0.879. The molecule has 2 heterocycles. The topological polar surface area (TPSA) is 54.3 Å². The summed E-state index contributed by atoms with van der Waals surface area (Å²) < 4.78 is 5.90. The fraction of sp³-hybridized carbons (Fsp3) is 0.312. The third-order valence-corrected chi connectivity index (χ3v) is 4.15. The fourth-order valence-electron chi connectivity index (χ4n) is 2.79. The van der Waals surface area contributed by atoms with Crippen LogP contribution in [0.3, 0.4) is 0 Å². The van der Waals surface area contributed by atoms with Gasteiger partial charge in [-0.3, -0.25) is 4.79 Å². The SMILES string of the molecule is C[C@H]1C[C@H]1c1ccc([C@H]2NC(=O)c3ccccc3N2)o1. The van der Waals surface area contributed by atoms with Crippen molar-refractivity contribution in [2.45, 2.75) is 25.4 Å². The Morgan fingerprint density at radius 2 is 1.85 bits per heavy atom. The summed E-state index contributed by atoms with van der Waals surface area (Å²) in [6, 6.07) is 11.5. The Kier molecular flexibility index (Phi) is 2.39. The third-order valence-electron chi connectivity index (χ3n) is 4.15. The number of amides is 1. The number of anilines is 1. The maximum Gasteiger partial charge on any atom is 0.255 e. The lowest BCUT2D eigenvalue weighted by Gasteiger charge is -2.26. The predicted molar refractivity (Wildman–Crippen MR) is 75.5 cm³/mol. The summed E-state index contributed by atoms with van der Waals surface area (Å²) in [5, 5.41) is 6.23. The van der Waals surface area contributed by atoms with Crippen molar-refractivity contribution in [2.75, 3.05) is 5.32 Å². The van der Waals surface area contributed by atoms with Gasteiger partial charge >= 0.3 is 0 Å². The molecule has 2 N–H and O–H groups in total. The van der Waals surface area contributed by atoms with E-state index in [2.05, 4.69) is 17.6 Å². The molecule has 0 saturated heterocycles. The van der Waals surface area contributed by atoms with E-state index >= 15 is 0 Å². The van der Waals surface area contributed by atoms with Crippen LogP contribution in [0.4, 0.5) is 5.69 Å². The van der Waals surface area contributed by atoms with Gasteiger partial charge in [0, 0.05) is 11.6 Å². The molecule has 1 aromatic carbocycles. The van der Waals surface area contributed by atoms with Crippen molar-refractivity contribution < 1.29 is 9.21 Å². The molecule has 1 aliphatic carbocycles. The average Bonchev–Trinajstić information content (AvgIpc) is 3.00. The lowest BCUT2D eigenvalue weighted by atomic mass is 10.1. The number of carbonyl (C=O) groups excluding carboxylic acids is 1. The third kappa shape index (κ3) is 1.80. The second-order valence-corrected chi connectivity index (χ2v) is 5.66. The molecular weight excluding hydrogens is 252 g/mol. The van der Waals surface area contributed by atoms with Crippen molar-refractivity contribution in [2.24, 2.45) is 5.92 Å². The summed E-state index contributed by atoms with van der Waals surface area (Å²) >= 11 is 0. The molecule has 1 fully saturated rings. The van der Waals surface area contributed by atoms with E-state index in [0.29, 0.717) is 17.4 Å². The molecule has 3 atom stereocenters. The number of hydrogen-bond donors (Lipinski definition) is 2. The van der Waals surface area contributed by atoms with Gasteiger partial charge in [-0.15, -0.1) is 0 Å². The minimum atomic E-state index is -0.291. The molecule has 0 unspecified atom stereocenters. The van der Waals surface area contributed by atoms with Gasteiger partial charge < -0.3 is 15.1 Å². The fourth-order valence-corrected chi connectivity index (χ4v) is 2.79. The first-order valence-corrected chi connectivity index (χ1v) is 6.98. The van der Waals surface area contributed by atoms with Gasteiger partial charge in [-0.05, 0) is 36.6 Å². The van der Waals surface area contributed by atoms with Crippen LogP contribution in [0.1, 0.15) is 47.3 Å². The van der Waals surface area contributed by atoms with Gasteiger partial charge in [0.05, 0.1) is 5.56 Å². The molecule has 0 spiro atoms. The van der Waals surface area contributed by atoms with Crippen LogP contribution in [0.2, 0.25) is 0 Å². The summed E-state index contributed by atoms with van der Waals surface area (Å²) in [6.45, 7) is 2.23. The largest absolute Gasteiger partial charge is 0.462 e. The monoisotopic (exact) mass is 268 g/mol. The summed E-state index contributed by atoms with van der Waals surface area (Å²) in [5.41, 5.74) is 1.52. The highest BCUT2D eigenvalue weighted by Crippen LogP contribution is 2.47. The molecule has 1 aromatic heterocycles. The Balaban J connectivity index is 1.61. The van der Waals surface area contributed by atoms with E-state index in [1.165, 1.54) is 6.42 Å². The Labute approximate surface area is 117 Å². The van der Waals surface area contributed by atoms with Crippen molar-refractivity contribution in [3.63, 3.8) is 0 Å². The van der Waals surface area contributed by atoms with Gasteiger partial charge in [-0.1, -0.05) is 19.1 Å². The number of fused-ring (bicyclic) bond motifs is 1. The maximum atomic E-state index is 12.1. The molecule has 4 rings (SSSR count). The first-order valence-electron chi connectivity index (χ1n) is 6.98. The zero-order valence-electron chi connectivity index (χ0n) is 11.2. The Morgan fingerprint density at radius 1 is 1.10 bits per heavy atom. The smallest absolute Gasteiger partial charge is 0.255 e. The second-order valence-electron chi connectivity index (χ2n) is 5.66. The minimum Gasteiger partial charge on any atom is -0.462 e. The first kappa shape index (κ1) is 11.6. The van der Waals surface area contributed by atoms with E-state index in [1.54, 1.807) is 0 Å². The van der Waals surface area contributed by atoms with Gasteiger partial charge in [0.25, 0.3) is 5.91 Å². The van der Waals surface area contributed by atoms with Crippen LogP contribution >= 0.6 is 0 Å². The van der Waals surface area contributed by atoms with E-state index < -0.39 is 0 Å². The van der Waals surface area contributed by atoms with Gasteiger partial charge in [0.2, 0.25) is 0 Å². The summed E-state index contributed by atoms with van der Waals surface area (Å²) in [5.74, 6) is 2.99. The number of hydrogen-bond acceptors (Lipinski definition) is 3. The van der Waals surface area contributed by atoms with Crippen molar-refractivity contribution in [3.05, 3.63) is 53.5 Å². The number of nitrogens with one attached hydrogen (secondary N) is 2. The highest BCUT2D eigenvalue weighted by molar-refractivity contribution is 6.01. The van der Waals surface area contributed by atoms with E-state index in [0.717, 1.165) is 17.2 Å². The summed E-state index contributed by atoms with van der Waals surface area (Å²) in [6.07, 6.45) is 0.903. The molecule has 20 heavy (non-hydrogen) atoms. The molecule has 2 aromatic rings. The highest BCUT2D eigenvalue weighted by atomic mass is 16.3. The zero-order valence-corrected chi connectivity index (χ0v) is 11.2. The van der Waals surface area contributed by atoms with Crippen molar-refractivity contribution in [1.29, 1.82) is 0 Å². The molecule has 0 bridgehead atoms. The van der Waals surface area contributed by atoms with Gasteiger partial charge in [0.15, 0.2) is 6.17 Å². The Bertz CT molecular complexity index is 677.